The molecule has 0 saturated carbocycles. The lowest BCUT2D eigenvalue weighted by atomic mass is 10.3. The summed E-state index contributed by atoms with van der Waals surface area (Å²) in [6.45, 7) is -2.61. The fourth-order valence-electron chi connectivity index (χ4n) is 1.72. The Morgan fingerprint density at radius 1 is 1.00 bits per heavy atom. The fourth-order valence-corrected chi connectivity index (χ4v) is 1.72. The van der Waals surface area contributed by atoms with Crippen molar-refractivity contribution in [3.05, 3.63) is 54.6 Å². The van der Waals surface area contributed by atoms with E-state index in [0.29, 0.717) is 11.4 Å². The van der Waals surface area contributed by atoms with Gasteiger partial charge in [-0.1, -0.05) is 18.2 Å². The summed E-state index contributed by atoms with van der Waals surface area (Å²) in [4.78, 5) is 11.7. The van der Waals surface area contributed by atoms with Gasteiger partial charge in [-0.15, -0.1) is 0 Å². The summed E-state index contributed by atoms with van der Waals surface area (Å²) >= 11 is 0. The van der Waals surface area contributed by atoms with Crippen LogP contribution in [0.1, 0.15) is 6.42 Å². The van der Waals surface area contributed by atoms with Crippen LogP contribution < -0.4 is 14.8 Å². The van der Waals surface area contributed by atoms with E-state index in [1.807, 2.05) is 18.2 Å². The second-order valence-corrected chi connectivity index (χ2v) is 4.36. The lowest BCUT2D eigenvalue weighted by Crippen LogP contribution is -2.15. The molecule has 116 valence electrons. The fraction of sp³-hybridized carbons (Fsp3) is 0.188. The number of alkyl halides is 2. The van der Waals surface area contributed by atoms with Gasteiger partial charge in [0.05, 0.1) is 13.0 Å². The molecule has 6 heteroatoms. The zero-order valence-electron chi connectivity index (χ0n) is 11.7. The summed E-state index contributed by atoms with van der Waals surface area (Å²) in [7, 11) is 0. The average Bonchev–Trinajstić information content (AvgIpc) is 2.50. The van der Waals surface area contributed by atoms with Gasteiger partial charge in [-0.25, -0.2) is 0 Å². The molecule has 1 N–H and O–H groups in total. The molecule has 0 unspecified atom stereocenters. The van der Waals surface area contributed by atoms with Crippen LogP contribution in [0.5, 0.6) is 11.5 Å². The third kappa shape index (κ3) is 5.40. The maximum atomic E-state index is 12.0. The van der Waals surface area contributed by atoms with E-state index in [0.717, 1.165) is 0 Å². The monoisotopic (exact) mass is 307 g/mol. The summed E-state index contributed by atoms with van der Waals surface area (Å²) in [5.41, 5.74) is 0.506. The highest BCUT2D eigenvalue weighted by molar-refractivity contribution is 5.90. The molecule has 0 radical (unpaired) electrons. The Bertz CT molecular complexity index is 588. The standard InChI is InChI=1S/C16H15F2NO3/c17-16(18)22-14-8-6-12(7-9-14)19-15(20)10-11-21-13-4-2-1-3-5-13/h1-9,16H,10-11H2,(H,19,20). The number of hydrogen-bond acceptors (Lipinski definition) is 3. The maximum absolute atomic E-state index is 12.0. The molecule has 0 fully saturated rings. The van der Waals surface area contributed by atoms with Crippen LogP contribution >= 0.6 is 0 Å². The number of hydrogen-bond donors (Lipinski definition) is 1. The zero-order valence-corrected chi connectivity index (χ0v) is 11.7. The molecule has 0 aliphatic carbocycles. The summed E-state index contributed by atoms with van der Waals surface area (Å²) < 4.78 is 33.6. The van der Waals surface area contributed by atoms with Crippen molar-refractivity contribution in [2.45, 2.75) is 13.0 Å². The first-order valence-corrected chi connectivity index (χ1v) is 6.66. The number of carbonyl (C=O) groups excluding carboxylic acids is 1. The average molecular weight is 307 g/mol. The molecule has 22 heavy (non-hydrogen) atoms. The predicted molar refractivity (Wildman–Crippen MR) is 78.3 cm³/mol. The molecule has 4 nitrogen and oxygen atoms in total. The van der Waals surface area contributed by atoms with Crippen LogP contribution in [0.3, 0.4) is 0 Å². The number of anilines is 1. The second-order valence-electron chi connectivity index (χ2n) is 4.36. The van der Waals surface area contributed by atoms with E-state index in [1.54, 1.807) is 12.1 Å². The smallest absolute Gasteiger partial charge is 0.387 e. The number of ether oxygens (including phenoxy) is 2. The van der Waals surface area contributed by atoms with Gasteiger partial charge in [0.25, 0.3) is 0 Å². The Morgan fingerprint density at radius 2 is 1.68 bits per heavy atom. The molecule has 0 atom stereocenters. The lowest BCUT2D eigenvalue weighted by molar-refractivity contribution is -0.116. The van der Waals surface area contributed by atoms with E-state index in [1.165, 1.54) is 24.3 Å². The van der Waals surface area contributed by atoms with E-state index >= 15 is 0 Å². The van der Waals surface area contributed by atoms with E-state index in [9.17, 15) is 13.6 Å². The van der Waals surface area contributed by atoms with Gasteiger partial charge in [-0.3, -0.25) is 4.79 Å². The Labute approximate surface area is 126 Å². The van der Waals surface area contributed by atoms with E-state index < -0.39 is 6.61 Å². The van der Waals surface area contributed by atoms with Gasteiger partial charge < -0.3 is 14.8 Å². The third-order valence-corrected chi connectivity index (χ3v) is 2.70. The molecular weight excluding hydrogens is 292 g/mol. The highest BCUT2D eigenvalue weighted by atomic mass is 19.3. The van der Waals surface area contributed by atoms with Crippen LogP contribution in [0.2, 0.25) is 0 Å². The molecule has 2 rings (SSSR count). The number of benzene rings is 2. The molecule has 2 aromatic rings. The van der Waals surface area contributed by atoms with Gasteiger partial charge in [-0.05, 0) is 36.4 Å². The van der Waals surface area contributed by atoms with Crippen molar-refractivity contribution in [3.8, 4) is 11.5 Å². The Kier molecular flexibility index (Phi) is 5.71. The predicted octanol–water partition coefficient (Wildman–Crippen LogP) is 3.70. The largest absolute Gasteiger partial charge is 0.493 e. The minimum Gasteiger partial charge on any atom is -0.493 e. The minimum absolute atomic E-state index is 0.0420. The van der Waals surface area contributed by atoms with Gasteiger partial charge in [-0.2, -0.15) is 8.78 Å². The molecule has 0 bridgehead atoms. The first-order valence-electron chi connectivity index (χ1n) is 6.66. The lowest BCUT2D eigenvalue weighted by Gasteiger charge is -2.08. The highest BCUT2D eigenvalue weighted by Gasteiger charge is 2.06. The summed E-state index contributed by atoms with van der Waals surface area (Å²) in [5.74, 6) is 0.516. The van der Waals surface area contributed by atoms with Crippen LogP contribution in [0.4, 0.5) is 14.5 Å². The number of para-hydroxylation sites is 1. The zero-order chi connectivity index (χ0) is 15.8. The van der Waals surface area contributed by atoms with Gasteiger partial charge in [0.1, 0.15) is 11.5 Å². The second kappa shape index (κ2) is 7.97. The number of nitrogens with one attached hydrogen (secondary N) is 1. The molecule has 0 aliphatic rings. The minimum atomic E-state index is -2.87. The number of carbonyl (C=O) groups is 1. The first kappa shape index (κ1) is 15.8. The highest BCUT2D eigenvalue weighted by Crippen LogP contribution is 2.17. The molecular formula is C16H15F2NO3. The normalized spacial score (nSPS) is 10.3. The van der Waals surface area contributed by atoms with Crippen molar-refractivity contribution in [2.75, 3.05) is 11.9 Å². The molecule has 1 amide bonds. The van der Waals surface area contributed by atoms with Crippen molar-refractivity contribution < 1.29 is 23.0 Å². The van der Waals surface area contributed by atoms with E-state index in [4.69, 9.17) is 4.74 Å². The summed E-state index contributed by atoms with van der Waals surface area (Å²) in [5, 5.41) is 2.65. The number of amides is 1. The van der Waals surface area contributed by atoms with Crippen LogP contribution in [-0.4, -0.2) is 19.1 Å². The summed E-state index contributed by atoms with van der Waals surface area (Å²) in [6, 6.07) is 14.9. The van der Waals surface area contributed by atoms with Crippen molar-refractivity contribution in [2.24, 2.45) is 0 Å². The molecule has 0 heterocycles. The molecule has 0 spiro atoms. The summed E-state index contributed by atoms with van der Waals surface area (Å²) in [6.07, 6.45) is 0.185. The number of rotatable bonds is 7. The first-order chi connectivity index (χ1) is 10.6. The van der Waals surface area contributed by atoms with E-state index in [-0.39, 0.29) is 24.7 Å². The van der Waals surface area contributed by atoms with Crippen LogP contribution in [0.15, 0.2) is 54.6 Å². The Hall–Kier alpha value is -2.63. The maximum Gasteiger partial charge on any atom is 0.387 e. The van der Waals surface area contributed by atoms with Crippen LogP contribution in [0, 0.1) is 0 Å². The van der Waals surface area contributed by atoms with Gasteiger partial charge >= 0.3 is 6.61 Å². The SMILES string of the molecule is O=C(CCOc1ccccc1)Nc1ccc(OC(F)F)cc1. The van der Waals surface area contributed by atoms with Gasteiger partial charge in [0, 0.05) is 5.69 Å². The van der Waals surface area contributed by atoms with Crippen molar-refractivity contribution in [1.82, 2.24) is 0 Å². The topological polar surface area (TPSA) is 47.6 Å². The molecule has 0 saturated heterocycles. The third-order valence-electron chi connectivity index (χ3n) is 2.70. The van der Waals surface area contributed by atoms with Gasteiger partial charge in [0.2, 0.25) is 5.91 Å². The quantitative estimate of drug-likeness (QED) is 0.848. The van der Waals surface area contributed by atoms with Gasteiger partial charge in [0.15, 0.2) is 0 Å². The molecule has 0 aliphatic heterocycles. The van der Waals surface area contributed by atoms with E-state index in [2.05, 4.69) is 10.1 Å². The van der Waals surface area contributed by atoms with Crippen molar-refractivity contribution >= 4 is 11.6 Å². The Balaban J connectivity index is 1.74. The van der Waals surface area contributed by atoms with Crippen LogP contribution in [-0.2, 0) is 4.79 Å². The Morgan fingerprint density at radius 3 is 2.32 bits per heavy atom. The van der Waals surface area contributed by atoms with Crippen molar-refractivity contribution in [1.29, 1.82) is 0 Å². The molecule has 0 aromatic heterocycles. The number of halogens is 2. The van der Waals surface area contributed by atoms with Crippen LogP contribution in [0.25, 0.3) is 0 Å². The van der Waals surface area contributed by atoms with Crippen molar-refractivity contribution in [3.63, 3.8) is 0 Å². The molecule has 2 aromatic carbocycles.